The predicted octanol–water partition coefficient (Wildman–Crippen LogP) is 4.18. The van der Waals surface area contributed by atoms with Crippen LogP contribution in [-0.2, 0) is 13.0 Å². The number of urea groups is 1. The van der Waals surface area contributed by atoms with Crippen LogP contribution in [0.5, 0.6) is 0 Å². The molecule has 128 valence electrons. The van der Waals surface area contributed by atoms with E-state index in [-0.39, 0.29) is 12.1 Å². The largest absolute Gasteiger partial charge is 0.331 e. The van der Waals surface area contributed by atoms with Crippen LogP contribution in [0.1, 0.15) is 43.6 Å². The summed E-state index contributed by atoms with van der Waals surface area (Å²) in [6.45, 7) is 6.88. The minimum Gasteiger partial charge on any atom is -0.331 e. The summed E-state index contributed by atoms with van der Waals surface area (Å²) >= 11 is 0. The van der Waals surface area contributed by atoms with Gasteiger partial charge in [0.05, 0.1) is 18.3 Å². The molecule has 1 heterocycles. The van der Waals surface area contributed by atoms with E-state index in [1.54, 1.807) is 18.1 Å². The number of rotatable bonds is 6. The molecular formula is C20H27N3O. The van der Waals surface area contributed by atoms with Crippen molar-refractivity contribution in [1.29, 1.82) is 0 Å². The third-order valence-corrected chi connectivity index (χ3v) is 4.16. The first-order chi connectivity index (χ1) is 11.5. The first-order valence-corrected chi connectivity index (χ1v) is 8.51. The smallest absolute Gasteiger partial charge is 0.317 e. The molecule has 1 aromatic heterocycles. The van der Waals surface area contributed by atoms with Crippen molar-refractivity contribution in [3.63, 3.8) is 0 Å². The van der Waals surface area contributed by atoms with E-state index in [9.17, 15) is 4.79 Å². The third kappa shape index (κ3) is 4.82. The van der Waals surface area contributed by atoms with E-state index in [1.807, 2.05) is 18.2 Å². The Bertz CT molecular complexity index is 638. The second-order valence-corrected chi connectivity index (χ2v) is 6.44. The zero-order chi connectivity index (χ0) is 17.5. The number of aromatic nitrogens is 1. The number of aryl methyl sites for hydroxylation is 1. The van der Waals surface area contributed by atoms with Crippen molar-refractivity contribution in [2.75, 3.05) is 7.05 Å². The molecule has 0 radical (unpaired) electrons. The fraction of sp³-hybridized carbons (Fsp3) is 0.400. The fourth-order valence-electron chi connectivity index (χ4n) is 2.65. The van der Waals surface area contributed by atoms with Gasteiger partial charge >= 0.3 is 6.03 Å². The predicted molar refractivity (Wildman–Crippen MR) is 97.6 cm³/mol. The average Bonchev–Trinajstić information content (AvgIpc) is 2.60. The molecule has 0 saturated heterocycles. The quantitative estimate of drug-likeness (QED) is 0.866. The molecule has 2 aromatic rings. The molecule has 1 atom stereocenters. The molecule has 0 aliphatic rings. The van der Waals surface area contributed by atoms with Gasteiger partial charge in [-0.3, -0.25) is 4.98 Å². The van der Waals surface area contributed by atoms with Crippen LogP contribution in [0.25, 0.3) is 0 Å². The Kier molecular flexibility index (Phi) is 6.36. The Balaban J connectivity index is 2.04. The lowest BCUT2D eigenvalue weighted by Gasteiger charge is -2.26. The highest BCUT2D eigenvalue weighted by atomic mass is 16.2. The summed E-state index contributed by atoms with van der Waals surface area (Å²) in [6, 6.07) is 14.1. The standard InChI is InChI=1S/C20H27N3O/c1-5-16-9-11-17(12-10-16)19(15(2)3)22-20(24)23(4)14-18-8-6-7-13-21-18/h6-13,15,19H,5,14H2,1-4H3,(H,22,24). The number of hydrogen-bond donors (Lipinski definition) is 1. The van der Waals surface area contributed by atoms with Crippen molar-refractivity contribution in [1.82, 2.24) is 15.2 Å². The molecule has 1 unspecified atom stereocenters. The van der Waals surface area contributed by atoms with Gasteiger partial charge in [-0.1, -0.05) is 51.1 Å². The second kappa shape index (κ2) is 8.48. The first kappa shape index (κ1) is 18.0. The SMILES string of the molecule is CCc1ccc(C(NC(=O)N(C)Cc2ccccn2)C(C)C)cc1. The molecule has 2 rings (SSSR count). The molecule has 24 heavy (non-hydrogen) atoms. The minimum atomic E-state index is -0.0843. The van der Waals surface area contributed by atoms with Crippen LogP contribution in [0.3, 0.4) is 0 Å². The average molecular weight is 325 g/mol. The molecular weight excluding hydrogens is 298 g/mol. The number of amides is 2. The number of carbonyl (C=O) groups excluding carboxylic acids is 1. The lowest BCUT2D eigenvalue weighted by Crippen LogP contribution is -2.40. The highest BCUT2D eigenvalue weighted by Crippen LogP contribution is 2.22. The lowest BCUT2D eigenvalue weighted by molar-refractivity contribution is 0.198. The zero-order valence-corrected chi connectivity index (χ0v) is 15.0. The summed E-state index contributed by atoms with van der Waals surface area (Å²) in [5.74, 6) is 0.310. The molecule has 0 bridgehead atoms. The van der Waals surface area contributed by atoms with Gasteiger partial charge in [0.2, 0.25) is 0 Å². The molecule has 0 aliphatic carbocycles. The molecule has 4 heteroatoms. The highest BCUT2D eigenvalue weighted by Gasteiger charge is 2.20. The summed E-state index contributed by atoms with van der Waals surface area (Å²) in [7, 11) is 1.79. The highest BCUT2D eigenvalue weighted by molar-refractivity contribution is 5.74. The summed E-state index contributed by atoms with van der Waals surface area (Å²) in [5.41, 5.74) is 3.32. The molecule has 4 nitrogen and oxygen atoms in total. The lowest BCUT2D eigenvalue weighted by atomic mass is 9.95. The van der Waals surface area contributed by atoms with E-state index < -0.39 is 0 Å². The van der Waals surface area contributed by atoms with Crippen LogP contribution in [-0.4, -0.2) is 23.0 Å². The number of nitrogens with zero attached hydrogens (tertiary/aromatic N) is 2. The second-order valence-electron chi connectivity index (χ2n) is 6.44. The number of hydrogen-bond acceptors (Lipinski definition) is 2. The van der Waals surface area contributed by atoms with Gasteiger partial charge in [0, 0.05) is 13.2 Å². The summed E-state index contributed by atoms with van der Waals surface area (Å²) in [4.78, 5) is 18.5. The van der Waals surface area contributed by atoms with Crippen molar-refractivity contribution in [3.8, 4) is 0 Å². The van der Waals surface area contributed by atoms with Gasteiger partial charge in [0.1, 0.15) is 0 Å². The van der Waals surface area contributed by atoms with Crippen molar-refractivity contribution in [2.45, 2.75) is 39.8 Å². The Hall–Kier alpha value is -2.36. The van der Waals surface area contributed by atoms with Crippen LogP contribution in [0, 0.1) is 5.92 Å². The van der Waals surface area contributed by atoms with E-state index in [4.69, 9.17) is 0 Å². The number of benzene rings is 1. The Morgan fingerprint density at radius 1 is 1.17 bits per heavy atom. The van der Waals surface area contributed by atoms with Gasteiger partial charge in [0.15, 0.2) is 0 Å². The third-order valence-electron chi connectivity index (χ3n) is 4.16. The molecule has 1 aromatic carbocycles. The number of carbonyl (C=O) groups is 1. The maximum Gasteiger partial charge on any atom is 0.317 e. The number of pyridine rings is 1. The molecule has 0 spiro atoms. The van der Waals surface area contributed by atoms with Gasteiger partial charge in [-0.2, -0.15) is 0 Å². The van der Waals surface area contributed by atoms with Gasteiger partial charge in [-0.25, -0.2) is 4.79 Å². The number of nitrogens with one attached hydrogen (secondary N) is 1. The topological polar surface area (TPSA) is 45.2 Å². The Morgan fingerprint density at radius 2 is 1.88 bits per heavy atom. The molecule has 0 aliphatic heterocycles. The molecule has 2 amide bonds. The van der Waals surface area contributed by atoms with Gasteiger partial charge < -0.3 is 10.2 Å². The van der Waals surface area contributed by atoms with Crippen LogP contribution < -0.4 is 5.32 Å². The Labute approximate surface area is 144 Å². The summed E-state index contributed by atoms with van der Waals surface area (Å²) < 4.78 is 0. The summed E-state index contributed by atoms with van der Waals surface area (Å²) in [6.07, 6.45) is 2.76. The Morgan fingerprint density at radius 3 is 2.42 bits per heavy atom. The van der Waals surface area contributed by atoms with E-state index in [0.717, 1.165) is 17.7 Å². The van der Waals surface area contributed by atoms with E-state index in [2.05, 4.69) is 55.3 Å². The van der Waals surface area contributed by atoms with E-state index >= 15 is 0 Å². The van der Waals surface area contributed by atoms with Crippen molar-refractivity contribution in [2.24, 2.45) is 5.92 Å². The van der Waals surface area contributed by atoms with E-state index in [0.29, 0.717) is 12.5 Å². The van der Waals surface area contributed by atoms with E-state index in [1.165, 1.54) is 5.56 Å². The fourth-order valence-corrected chi connectivity index (χ4v) is 2.65. The van der Waals surface area contributed by atoms with Crippen molar-refractivity contribution in [3.05, 3.63) is 65.5 Å². The molecule has 0 fully saturated rings. The van der Waals surface area contributed by atoms with Gasteiger partial charge in [-0.15, -0.1) is 0 Å². The monoisotopic (exact) mass is 325 g/mol. The van der Waals surface area contributed by atoms with Crippen molar-refractivity contribution < 1.29 is 4.79 Å². The molecule has 1 N–H and O–H groups in total. The normalized spacial score (nSPS) is 12.0. The minimum absolute atomic E-state index is 0.00501. The first-order valence-electron chi connectivity index (χ1n) is 8.51. The maximum atomic E-state index is 12.5. The molecule has 0 saturated carbocycles. The van der Waals surface area contributed by atoms with Crippen LogP contribution in [0.4, 0.5) is 4.79 Å². The van der Waals surface area contributed by atoms with Crippen LogP contribution in [0.15, 0.2) is 48.7 Å². The van der Waals surface area contributed by atoms with Crippen molar-refractivity contribution >= 4 is 6.03 Å². The zero-order valence-electron chi connectivity index (χ0n) is 15.0. The van der Waals surface area contributed by atoms with Crippen LogP contribution in [0.2, 0.25) is 0 Å². The van der Waals surface area contributed by atoms with Gasteiger partial charge in [-0.05, 0) is 35.6 Å². The summed E-state index contributed by atoms with van der Waals surface area (Å²) in [5, 5.41) is 3.15. The van der Waals surface area contributed by atoms with Crippen LogP contribution >= 0.6 is 0 Å². The maximum absolute atomic E-state index is 12.5. The van der Waals surface area contributed by atoms with Gasteiger partial charge in [0.25, 0.3) is 0 Å².